The molecule has 3 rings (SSSR count). The molecule has 0 aliphatic carbocycles. The topological polar surface area (TPSA) is 111 Å². The number of aliphatic hydroxyl groups is 2. The van der Waals surface area contributed by atoms with E-state index in [2.05, 4.69) is 10.3 Å². The van der Waals surface area contributed by atoms with Crippen LogP contribution in [0.5, 0.6) is 0 Å². The fourth-order valence-corrected chi connectivity index (χ4v) is 3.41. The van der Waals surface area contributed by atoms with Gasteiger partial charge in [-0.15, -0.1) is 0 Å². The molecule has 2 aromatic rings. The molecule has 1 aliphatic rings. The van der Waals surface area contributed by atoms with E-state index in [0.29, 0.717) is 22.9 Å². The number of hydrogen-bond donors (Lipinski definition) is 3. The summed E-state index contributed by atoms with van der Waals surface area (Å²) in [5.41, 5.74) is 1.48. The number of aryl methyl sites for hydroxylation is 1. The minimum atomic E-state index is -0.776. The van der Waals surface area contributed by atoms with Crippen molar-refractivity contribution in [3.63, 3.8) is 0 Å². The van der Waals surface area contributed by atoms with Gasteiger partial charge in [0.1, 0.15) is 0 Å². The number of nitrogens with zero attached hydrogens (tertiary/aromatic N) is 3. The van der Waals surface area contributed by atoms with Gasteiger partial charge in [-0.25, -0.2) is 4.98 Å². The summed E-state index contributed by atoms with van der Waals surface area (Å²) in [7, 11) is 0. The molecule has 0 amide bonds. The largest absolute Gasteiger partial charge is 0.392 e. The molecule has 25 heavy (non-hydrogen) atoms. The lowest BCUT2D eigenvalue weighted by Gasteiger charge is -2.30. The molecule has 2 heterocycles. The molecule has 3 atom stereocenters. The maximum Gasteiger partial charge on any atom is 0.261 e. The van der Waals surface area contributed by atoms with Crippen LogP contribution in [0, 0.1) is 18.3 Å². The van der Waals surface area contributed by atoms with E-state index in [1.165, 1.54) is 17.0 Å². The number of nitrogens with one attached hydrogen (secondary N) is 1. The van der Waals surface area contributed by atoms with E-state index in [9.17, 15) is 15.0 Å². The quantitative estimate of drug-likeness (QED) is 0.743. The summed E-state index contributed by atoms with van der Waals surface area (Å²) >= 11 is 0. The Balaban J connectivity index is 1.83. The molecule has 0 unspecified atom stereocenters. The minimum Gasteiger partial charge on any atom is -0.392 e. The van der Waals surface area contributed by atoms with Crippen molar-refractivity contribution in [2.24, 2.45) is 0 Å². The molecule has 0 saturated carbocycles. The van der Waals surface area contributed by atoms with Gasteiger partial charge >= 0.3 is 0 Å². The Morgan fingerprint density at radius 3 is 3.04 bits per heavy atom. The van der Waals surface area contributed by atoms with Crippen LogP contribution in [0.3, 0.4) is 0 Å². The predicted molar refractivity (Wildman–Crippen MR) is 93.1 cm³/mol. The van der Waals surface area contributed by atoms with Gasteiger partial charge in [0.15, 0.2) is 0 Å². The molecule has 1 fully saturated rings. The second-order valence-corrected chi connectivity index (χ2v) is 6.66. The van der Waals surface area contributed by atoms with Gasteiger partial charge in [0.05, 0.1) is 47.6 Å². The maximum absolute atomic E-state index is 12.7. The second kappa shape index (κ2) is 7.31. The van der Waals surface area contributed by atoms with Gasteiger partial charge in [-0.05, 0) is 50.4 Å². The number of hydrogen-bond acceptors (Lipinski definition) is 6. The van der Waals surface area contributed by atoms with Crippen LogP contribution >= 0.6 is 0 Å². The number of nitriles is 1. The monoisotopic (exact) mass is 342 g/mol. The third-order valence-electron chi connectivity index (χ3n) is 4.73. The van der Waals surface area contributed by atoms with Crippen LogP contribution in [-0.4, -0.2) is 44.6 Å². The molecular formula is C18H22N4O3. The summed E-state index contributed by atoms with van der Waals surface area (Å²) in [6.07, 6.45) is 2.18. The van der Waals surface area contributed by atoms with Gasteiger partial charge < -0.3 is 15.5 Å². The van der Waals surface area contributed by atoms with Crippen molar-refractivity contribution in [3.8, 4) is 6.07 Å². The molecular weight excluding hydrogens is 320 g/mol. The molecule has 0 bridgehead atoms. The van der Waals surface area contributed by atoms with Crippen molar-refractivity contribution in [1.82, 2.24) is 14.9 Å². The Bertz CT molecular complexity index is 871. The first-order chi connectivity index (χ1) is 12.0. The van der Waals surface area contributed by atoms with E-state index in [0.717, 1.165) is 24.9 Å². The third-order valence-corrected chi connectivity index (χ3v) is 4.73. The number of aliphatic hydroxyl groups excluding tert-OH is 2. The maximum atomic E-state index is 12.7. The van der Waals surface area contributed by atoms with E-state index >= 15 is 0 Å². The highest BCUT2D eigenvalue weighted by atomic mass is 16.3. The van der Waals surface area contributed by atoms with Gasteiger partial charge in [0.25, 0.3) is 5.56 Å². The van der Waals surface area contributed by atoms with Crippen LogP contribution in [0.4, 0.5) is 0 Å². The zero-order chi connectivity index (χ0) is 18.0. The van der Waals surface area contributed by atoms with Crippen LogP contribution in [0.2, 0.25) is 0 Å². The highest BCUT2D eigenvalue weighted by molar-refractivity contribution is 5.82. The van der Waals surface area contributed by atoms with Crippen LogP contribution in [-0.2, 0) is 6.54 Å². The van der Waals surface area contributed by atoms with E-state index < -0.39 is 12.2 Å². The summed E-state index contributed by atoms with van der Waals surface area (Å²) in [4.78, 5) is 17.0. The average molecular weight is 342 g/mol. The molecule has 0 spiro atoms. The standard InChI is InChI=1S/C18H22N4O3/c1-11-5-12(8-19)6-14-17(11)21-10-22(18(14)25)9-13(23)7-15-16(24)3-2-4-20-15/h5-6,10,13,15-16,20,23-24H,2-4,7,9H2,1H3/t13-,15+,16-/m0/s1. The second-order valence-electron chi connectivity index (χ2n) is 6.66. The summed E-state index contributed by atoms with van der Waals surface area (Å²) in [5.74, 6) is 0. The van der Waals surface area contributed by atoms with Gasteiger partial charge in [0, 0.05) is 6.04 Å². The van der Waals surface area contributed by atoms with Crippen LogP contribution in [0.15, 0.2) is 23.3 Å². The molecule has 1 aliphatic heterocycles. The molecule has 1 aromatic carbocycles. The van der Waals surface area contributed by atoms with E-state index in [4.69, 9.17) is 5.26 Å². The Labute approximate surface area is 145 Å². The first kappa shape index (κ1) is 17.5. The SMILES string of the molecule is Cc1cc(C#N)cc2c(=O)n(C[C@@H](O)C[C@H]3NCCC[C@@H]3O)cnc12. The van der Waals surface area contributed by atoms with E-state index in [1.54, 1.807) is 6.07 Å². The summed E-state index contributed by atoms with van der Waals surface area (Å²) in [6, 6.07) is 5.11. The van der Waals surface area contributed by atoms with Gasteiger partial charge in [0.2, 0.25) is 0 Å². The van der Waals surface area contributed by atoms with Crippen LogP contribution in [0.25, 0.3) is 10.9 Å². The lowest BCUT2D eigenvalue weighted by Crippen LogP contribution is -2.47. The fourth-order valence-electron chi connectivity index (χ4n) is 3.41. The molecule has 0 radical (unpaired) electrons. The number of aromatic nitrogens is 2. The zero-order valence-electron chi connectivity index (χ0n) is 14.1. The van der Waals surface area contributed by atoms with Crippen molar-refractivity contribution in [2.75, 3.05) is 6.54 Å². The van der Waals surface area contributed by atoms with Crippen molar-refractivity contribution in [2.45, 2.75) is 51.0 Å². The third kappa shape index (κ3) is 3.71. The fraction of sp³-hybridized carbons (Fsp3) is 0.500. The average Bonchev–Trinajstić information content (AvgIpc) is 2.59. The summed E-state index contributed by atoms with van der Waals surface area (Å²) in [6.45, 7) is 2.73. The Kier molecular flexibility index (Phi) is 5.13. The summed E-state index contributed by atoms with van der Waals surface area (Å²) in [5, 5.41) is 33.0. The van der Waals surface area contributed by atoms with E-state index in [1.807, 2.05) is 13.0 Å². The highest BCUT2D eigenvalue weighted by Crippen LogP contribution is 2.16. The number of rotatable bonds is 4. The van der Waals surface area contributed by atoms with Crippen molar-refractivity contribution >= 4 is 10.9 Å². The smallest absolute Gasteiger partial charge is 0.261 e. The Morgan fingerprint density at radius 1 is 1.52 bits per heavy atom. The van der Waals surface area contributed by atoms with Gasteiger partial charge in [-0.1, -0.05) is 0 Å². The lowest BCUT2D eigenvalue weighted by molar-refractivity contribution is 0.0539. The van der Waals surface area contributed by atoms with Gasteiger partial charge in [-0.3, -0.25) is 9.36 Å². The van der Waals surface area contributed by atoms with Crippen LogP contribution in [0.1, 0.15) is 30.4 Å². The molecule has 132 valence electrons. The number of benzene rings is 1. The molecule has 1 saturated heterocycles. The highest BCUT2D eigenvalue weighted by Gasteiger charge is 2.25. The molecule has 3 N–H and O–H groups in total. The zero-order valence-corrected chi connectivity index (χ0v) is 14.1. The molecule has 7 nitrogen and oxygen atoms in total. The minimum absolute atomic E-state index is 0.0997. The number of piperidine rings is 1. The normalized spacial score (nSPS) is 21.8. The van der Waals surface area contributed by atoms with E-state index in [-0.39, 0.29) is 18.1 Å². The predicted octanol–water partition coefficient (Wildman–Crippen LogP) is 0.440. The first-order valence-electron chi connectivity index (χ1n) is 8.49. The molecule has 1 aromatic heterocycles. The first-order valence-corrected chi connectivity index (χ1v) is 8.49. The molecule has 7 heteroatoms. The Hall–Kier alpha value is -2.27. The van der Waals surface area contributed by atoms with Crippen LogP contribution < -0.4 is 10.9 Å². The van der Waals surface area contributed by atoms with Crippen molar-refractivity contribution in [1.29, 1.82) is 5.26 Å². The van der Waals surface area contributed by atoms with Crippen molar-refractivity contribution < 1.29 is 10.2 Å². The lowest BCUT2D eigenvalue weighted by atomic mass is 9.96. The van der Waals surface area contributed by atoms with Crippen molar-refractivity contribution in [3.05, 3.63) is 39.9 Å². The number of fused-ring (bicyclic) bond motifs is 1. The summed E-state index contributed by atoms with van der Waals surface area (Å²) < 4.78 is 1.36. The van der Waals surface area contributed by atoms with Gasteiger partial charge in [-0.2, -0.15) is 5.26 Å². The Morgan fingerprint density at radius 2 is 2.32 bits per heavy atom.